The van der Waals surface area contributed by atoms with Gasteiger partial charge in [0.05, 0.1) is 10.6 Å². The minimum Gasteiger partial charge on any atom is -0.455 e. The minimum absolute atomic E-state index is 0.0420. The number of nitrogens with zero attached hydrogens (tertiary/aromatic N) is 1. The summed E-state index contributed by atoms with van der Waals surface area (Å²) in [7, 11) is 1.69. The van der Waals surface area contributed by atoms with Crippen molar-refractivity contribution in [1.29, 1.82) is 0 Å². The number of piperidine rings is 1. The monoisotopic (exact) mass is 473 g/mol. The van der Waals surface area contributed by atoms with Crippen LogP contribution in [-0.2, 0) is 21.6 Å². The minimum atomic E-state index is -1.18. The molecular weight excluding hydrogens is 438 g/mol. The summed E-state index contributed by atoms with van der Waals surface area (Å²) in [4.78, 5) is 13.9. The molecule has 0 unspecified atom stereocenters. The molecular formula is C27H36ClNO4. The molecule has 0 bridgehead atoms. The number of aliphatic hydroxyl groups is 1. The Labute approximate surface area is 202 Å². The van der Waals surface area contributed by atoms with Crippen molar-refractivity contribution >= 4 is 17.5 Å². The fraction of sp³-hybridized carbons (Fsp3) is 0.519. The zero-order valence-corrected chi connectivity index (χ0v) is 20.7. The van der Waals surface area contributed by atoms with E-state index in [2.05, 4.69) is 13.0 Å². The molecule has 0 aromatic heterocycles. The Morgan fingerprint density at radius 1 is 1.24 bits per heavy atom. The largest absolute Gasteiger partial charge is 0.455 e. The highest BCUT2D eigenvalue weighted by Gasteiger charge is 2.43. The molecule has 5 nitrogen and oxygen atoms in total. The molecule has 1 aliphatic heterocycles. The lowest BCUT2D eigenvalue weighted by molar-refractivity contribution is -0.134. The normalized spacial score (nSPS) is 18.1. The van der Waals surface area contributed by atoms with E-state index in [1.807, 2.05) is 35.2 Å². The molecule has 2 aromatic carbocycles. The number of hydrogen-bond acceptors (Lipinski definition) is 4. The number of rotatable bonds is 10. The molecule has 180 valence electrons. The van der Waals surface area contributed by atoms with Crippen LogP contribution in [0.4, 0.5) is 0 Å². The number of ether oxygens (including phenoxy) is 2. The fourth-order valence-corrected chi connectivity index (χ4v) is 4.97. The Morgan fingerprint density at radius 2 is 2.03 bits per heavy atom. The molecule has 1 saturated heterocycles. The molecule has 0 spiro atoms. The van der Waals surface area contributed by atoms with Crippen LogP contribution in [0.25, 0.3) is 0 Å². The van der Waals surface area contributed by atoms with Crippen LogP contribution in [-0.4, -0.2) is 42.7 Å². The molecule has 3 rings (SSSR count). The average molecular weight is 474 g/mol. The van der Waals surface area contributed by atoms with Crippen molar-refractivity contribution in [3.05, 3.63) is 58.6 Å². The molecule has 1 N–H and O–H groups in total. The Balaban J connectivity index is 2.00. The molecule has 1 heterocycles. The van der Waals surface area contributed by atoms with Crippen molar-refractivity contribution in [3.63, 3.8) is 0 Å². The highest BCUT2D eigenvalue weighted by atomic mass is 35.5. The van der Waals surface area contributed by atoms with Gasteiger partial charge in [0.25, 0.3) is 0 Å². The van der Waals surface area contributed by atoms with E-state index in [1.165, 1.54) is 5.56 Å². The van der Waals surface area contributed by atoms with Crippen molar-refractivity contribution in [2.75, 3.05) is 26.8 Å². The molecule has 1 amide bonds. The van der Waals surface area contributed by atoms with E-state index in [0.717, 1.165) is 38.6 Å². The zero-order valence-electron chi connectivity index (χ0n) is 20.0. The van der Waals surface area contributed by atoms with Gasteiger partial charge < -0.3 is 19.5 Å². The third kappa shape index (κ3) is 6.28. The molecule has 1 aliphatic rings. The van der Waals surface area contributed by atoms with Crippen LogP contribution in [0.2, 0.25) is 5.02 Å². The molecule has 1 fully saturated rings. The number of carbonyl (C=O) groups is 1. The quantitative estimate of drug-likeness (QED) is 0.432. The van der Waals surface area contributed by atoms with E-state index < -0.39 is 5.60 Å². The third-order valence-electron chi connectivity index (χ3n) is 6.66. The number of amides is 1. The van der Waals surface area contributed by atoms with Gasteiger partial charge in [0.2, 0.25) is 5.91 Å². The average Bonchev–Trinajstić information content (AvgIpc) is 2.83. The molecule has 0 saturated carbocycles. The summed E-state index contributed by atoms with van der Waals surface area (Å²) in [5.41, 5.74) is 0.676. The van der Waals surface area contributed by atoms with E-state index in [-0.39, 0.29) is 11.8 Å². The summed E-state index contributed by atoms with van der Waals surface area (Å²) in [5.74, 6) is 1.11. The predicted molar refractivity (Wildman–Crippen MR) is 132 cm³/mol. The van der Waals surface area contributed by atoms with Gasteiger partial charge in [-0.1, -0.05) is 42.8 Å². The number of benzene rings is 2. The fourth-order valence-electron chi connectivity index (χ4n) is 4.75. The SMILES string of the molecule is CCc1cccc(Oc2c(Cl)cccc2[C@](O)(CCCCOC)[C@@H]2CCCN(C(C)=O)C2)c1. The Hall–Kier alpha value is -2.08. The van der Waals surface area contributed by atoms with Gasteiger partial charge in [0.1, 0.15) is 5.75 Å². The van der Waals surface area contributed by atoms with Crippen LogP contribution in [0.5, 0.6) is 11.5 Å². The van der Waals surface area contributed by atoms with Gasteiger partial charge >= 0.3 is 0 Å². The van der Waals surface area contributed by atoms with Crippen molar-refractivity contribution < 1.29 is 19.4 Å². The molecule has 33 heavy (non-hydrogen) atoms. The van der Waals surface area contributed by atoms with Crippen LogP contribution in [0.3, 0.4) is 0 Å². The maximum Gasteiger partial charge on any atom is 0.219 e. The molecule has 0 aliphatic carbocycles. The molecule has 2 atom stereocenters. The number of aryl methyl sites for hydroxylation is 1. The van der Waals surface area contributed by atoms with Gasteiger partial charge in [-0.05, 0) is 62.3 Å². The summed E-state index contributed by atoms with van der Waals surface area (Å²) in [6, 6.07) is 13.5. The van der Waals surface area contributed by atoms with Gasteiger partial charge in [-0.2, -0.15) is 0 Å². The maximum atomic E-state index is 12.3. The van der Waals surface area contributed by atoms with Gasteiger partial charge in [0, 0.05) is 45.2 Å². The summed E-state index contributed by atoms with van der Waals surface area (Å²) in [6.45, 7) is 5.59. The molecule has 0 radical (unpaired) electrons. The first-order chi connectivity index (χ1) is 15.9. The highest BCUT2D eigenvalue weighted by molar-refractivity contribution is 6.32. The number of methoxy groups -OCH3 is 1. The second-order valence-electron chi connectivity index (χ2n) is 8.90. The second kappa shape index (κ2) is 11.9. The summed E-state index contributed by atoms with van der Waals surface area (Å²) >= 11 is 6.64. The number of para-hydroxylation sites is 1. The van der Waals surface area contributed by atoms with Crippen molar-refractivity contribution in [2.45, 2.75) is 58.0 Å². The smallest absolute Gasteiger partial charge is 0.219 e. The lowest BCUT2D eigenvalue weighted by Crippen LogP contribution is -2.47. The molecule has 6 heteroatoms. The van der Waals surface area contributed by atoms with E-state index >= 15 is 0 Å². The Morgan fingerprint density at radius 3 is 2.76 bits per heavy atom. The van der Waals surface area contributed by atoms with E-state index in [0.29, 0.717) is 41.7 Å². The highest BCUT2D eigenvalue weighted by Crippen LogP contribution is 2.46. The third-order valence-corrected chi connectivity index (χ3v) is 6.96. The van der Waals surface area contributed by atoms with Gasteiger partial charge in [0.15, 0.2) is 5.75 Å². The van der Waals surface area contributed by atoms with Crippen molar-refractivity contribution in [3.8, 4) is 11.5 Å². The zero-order chi connectivity index (χ0) is 23.8. The second-order valence-corrected chi connectivity index (χ2v) is 9.31. The van der Waals surface area contributed by atoms with Crippen molar-refractivity contribution in [1.82, 2.24) is 4.90 Å². The standard InChI is InChI=1S/C27H36ClNO4/c1-4-21-10-7-12-23(18-21)33-26-24(13-8-14-25(26)28)27(31,15-5-6-17-32-3)22-11-9-16-29(19-22)20(2)30/h7-8,10,12-14,18,22,31H,4-6,9,11,15-17,19H2,1-3H3/t22-,27+/m1/s1. The van der Waals surface area contributed by atoms with Crippen LogP contribution in [0, 0.1) is 5.92 Å². The Kier molecular flexibility index (Phi) is 9.19. The first kappa shape index (κ1) is 25.5. The van der Waals surface area contributed by atoms with Crippen molar-refractivity contribution in [2.24, 2.45) is 5.92 Å². The van der Waals surface area contributed by atoms with Crippen LogP contribution < -0.4 is 4.74 Å². The number of unbranched alkanes of at least 4 members (excludes halogenated alkanes) is 1. The number of hydrogen-bond donors (Lipinski definition) is 1. The van der Waals surface area contributed by atoms with Gasteiger partial charge in [-0.15, -0.1) is 0 Å². The van der Waals surface area contributed by atoms with E-state index in [4.69, 9.17) is 21.1 Å². The van der Waals surface area contributed by atoms with E-state index in [9.17, 15) is 9.90 Å². The topological polar surface area (TPSA) is 59.0 Å². The number of halogens is 1. The summed E-state index contributed by atoms with van der Waals surface area (Å²) in [6.07, 6.45) is 4.77. The summed E-state index contributed by atoms with van der Waals surface area (Å²) < 4.78 is 11.5. The lowest BCUT2D eigenvalue weighted by Gasteiger charge is -2.43. The van der Waals surface area contributed by atoms with Gasteiger partial charge in [-0.25, -0.2) is 0 Å². The van der Waals surface area contributed by atoms with Crippen LogP contribution >= 0.6 is 11.6 Å². The molecule has 2 aromatic rings. The Bertz CT molecular complexity index is 934. The first-order valence-corrected chi connectivity index (χ1v) is 12.3. The maximum absolute atomic E-state index is 12.3. The lowest BCUT2D eigenvalue weighted by atomic mass is 9.73. The van der Waals surface area contributed by atoms with E-state index in [1.54, 1.807) is 20.1 Å². The van der Waals surface area contributed by atoms with Crippen LogP contribution in [0.1, 0.15) is 57.1 Å². The first-order valence-electron chi connectivity index (χ1n) is 11.9. The summed E-state index contributed by atoms with van der Waals surface area (Å²) in [5, 5.41) is 12.7. The van der Waals surface area contributed by atoms with Crippen LogP contribution in [0.15, 0.2) is 42.5 Å². The number of carbonyl (C=O) groups excluding carboxylic acids is 1. The number of likely N-dealkylation sites (tertiary alicyclic amines) is 1. The van der Waals surface area contributed by atoms with Gasteiger partial charge in [-0.3, -0.25) is 4.79 Å². The predicted octanol–water partition coefficient (Wildman–Crippen LogP) is 5.96.